The average molecular weight is 550 g/mol. The molecule has 1 aliphatic rings. The Balaban J connectivity index is 1.48. The molecule has 38 heavy (non-hydrogen) atoms. The lowest BCUT2D eigenvalue weighted by Crippen LogP contribution is -2.39. The maximum Gasteiger partial charge on any atom is 0.247 e. The van der Waals surface area contributed by atoms with Crippen LogP contribution in [-0.4, -0.2) is 46.6 Å². The van der Waals surface area contributed by atoms with Crippen molar-refractivity contribution in [1.82, 2.24) is 14.7 Å². The van der Waals surface area contributed by atoms with E-state index < -0.39 is 15.9 Å². The Labute approximate surface area is 225 Å². The Kier molecular flexibility index (Phi) is 7.44. The zero-order valence-electron chi connectivity index (χ0n) is 20.4. The second-order valence-electron chi connectivity index (χ2n) is 9.20. The number of carbonyl (C=O) groups is 1. The van der Waals surface area contributed by atoms with Crippen LogP contribution >= 0.6 is 11.6 Å². The first-order valence-corrected chi connectivity index (χ1v) is 14.3. The molecule has 6 nitrogen and oxygen atoms in total. The number of carbonyl (C=O) groups excluding carboxylic acids is 1. The zero-order valence-corrected chi connectivity index (χ0v) is 21.9. The molecule has 5 rings (SSSR count). The van der Waals surface area contributed by atoms with E-state index >= 15 is 0 Å². The molecule has 1 unspecified atom stereocenters. The minimum absolute atomic E-state index is 0.0599. The fourth-order valence-electron chi connectivity index (χ4n) is 4.51. The summed E-state index contributed by atoms with van der Waals surface area (Å²) in [6.45, 7) is 0.259. The van der Waals surface area contributed by atoms with Crippen molar-refractivity contribution in [3.8, 4) is 16.9 Å². The second-order valence-corrected chi connectivity index (χ2v) is 11.9. The normalized spacial score (nSPS) is 16.6. The minimum Gasteiger partial charge on any atom is -0.331 e. The third kappa shape index (κ3) is 6.03. The van der Waals surface area contributed by atoms with Gasteiger partial charge in [-0.2, -0.15) is 5.10 Å². The first-order chi connectivity index (χ1) is 18.3. The predicted molar refractivity (Wildman–Crippen MR) is 147 cm³/mol. The SMILES string of the molecule is O=C(C=Cc1cn(-c2ccccc2)nc1-c1ccc(F)cc1)N(Cc1ccc(Cl)cc1)C1CCS(=O)(=O)C1. The number of nitrogens with zero attached hydrogens (tertiary/aromatic N) is 3. The van der Waals surface area contributed by atoms with E-state index in [1.165, 1.54) is 18.2 Å². The number of amides is 1. The molecule has 9 heteroatoms. The third-order valence-electron chi connectivity index (χ3n) is 6.48. The van der Waals surface area contributed by atoms with Crippen LogP contribution in [0.2, 0.25) is 5.02 Å². The predicted octanol–water partition coefficient (Wildman–Crippen LogP) is 5.56. The van der Waals surface area contributed by atoms with Crippen LogP contribution in [0.3, 0.4) is 0 Å². The van der Waals surface area contributed by atoms with Crippen LogP contribution in [0.25, 0.3) is 23.0 Å². The molecule has 1 aromatic heterocycles. The van der Waals surface area contributed by atoms with Crippen molar-refractivity contribution in [3.63, 3.8) is 0 Å². The molecular weight excluding hydrogens is 525 g/mol. The van der Waals surface area contributed by atoms with Crippen molar-refractivity contribution in [2.24, 2.45) is 0 Å². The van der Waals surface area contributed by atoms with Crippen LogP contribution in [0.5, 0.6) is 0 Å². The molecule has 3 aromatic carbocycles. The number of sulfone groups is 1. The number of hydrogen-bond acceptors (Lipinski definition) is 4. The third-order valence-corrected chi connectivity index (χ3v) is 8.49. The van der Waals surface area contributed by atoms with Crippen molar-refractivity contribution in [3.05, 3.63) is 113 Å². The summed E-state index contributed by atoms with van der Waals surface area (Å²) in [7, 11) is -3.20. The van der Waals surface area contributed by atoms with Gasteiger partial charge >= 0.3 is 0 Å². The van der Waals surface area contributed by atoms with Crippen molar-refractivity contribution in [2.75, 3.05) is 11.5 Å². The van der Waals surface area contributed by atoms with Crippen molar-refractivity contribution >= 4 is 33.4 Å². The van der Waals surface area contributed by atoms with Crippen LogP contribution in [0.1, 0.15) is 17.5 Å². The molecule has 2 heterocycles. The van der Waals surface area contributed by atoms with Crippen LogP contribution in [0.15, 0.2) is 91.1 Å². The first kappa shape index (κ1) is 25.9. The molecule has 1 aliphatic heterocycles. The highest BCUT2D eigenvalue weighted by molar-refractivity contribution is 7.91. The fourth-order valence-corrected chi connectivity index (χ4v) is 6.36. The van der Waals surface area contributed by atoms with E-state index in [0.29, 0.717) is 28.3 Å². The lowest BCUT2D eigenvalue weighted by Gasteiger charge is -2.27. The van der Waals surface area contributed by atoms with Crippen LogP contribution in [0, 0.1) is 5.82 Å². The Hall–Kier alpha value is -3.75. The topological polar surface area (TPSA) is 72.3 Å². The van der Waals surface area contributed by atoms with E-state index in [1.54, 1.807) is 46.1 Å². The van der Waals surface area contributed by atoms with Crippen LogP contribution in [-0.2, 0) is 21.2 Å². The smallest absolute Gasteiger partial charge is 0.247 e. The lowest BCUT2D eigenvalue weighted by atomic mass is 10.1. The fraction of sp³-hybridized carbons (Fsp3) is 0.172. The molecule has 0 saturated carbocycles. The van der Waals surface area contributed by atoms with Crippen LogP contribution in [0.4, 0.5) is 4.39 Å². The van der Waals surface area contributed by atoms with Crippen LogP contribution < -0.4 is 0 Å². The van der Waals surface area contributed by atoms with Gasteiger partial charge in [0.25, 0.3) is 0 Å². The van der Waals surface area contributed by atoms with Gasteiger partial charge < -0.3 is 4.90 Å². The molecule has 1 fully saturated rings. The Morgan fingerprint density at radius 1 is 1.05 bits per heavy atom. The van der Waals surface area contributed by atoms with E-state index in [1.807, 2.05) is 42.5 Å². The van der Waals surface area contributed by atoms with Gasteiger partial charge in [0.15, 0.2) is 9.84 Å². The molecule has 1 saturated heterocycles. The molecule has 1 atom stereocenters. The summed E-state index contributed by atoms with van der Waals surface area (Å²) >= 11 is 6.01. The van der Waals surface area contributed by atoms with Gasteiger partial charge in [-0.3, -0.25) is 4.79 Å². The standard InChI is InChI=1S/C29H25ClFN3O3S/c30-24-11-6-21(7-12-24)18-33(27-16-17-38(36,37)20-27)28(35)15-10-23-19-34(26-4-2-1-3-5-26)32-29(23)22-8-13-25(31)14-9-22/h1-15,19,27H,16-18,20H2. The summed E-state index contributed by atoms with van der Waals surface area (Å²) in [5.74, 6) is -0.662. The minimum atomic E-state index is -3.20. The number of aromatic nitrogens is 2. The summed E-state index contributed by atoms with van der Waals surface area (Å²) < 4.78 is 39.7. The highest BCUT2D eigenvalue weighted by atomic mass is 35.5. The molecule has 0 N–H and O–H groups in total. The molecule has 0 spiro atoms. The number of halogens is 2. The summed E-state index contributed by atoms with van der Waals surface area (Å²) in [5.41, 5.74) is 3.64. The van der Waals surface area contributed by atoms with Gasteiger partial charge in [-0.25, -0.2) is 17.5 Å². The first-order valence-electron chi connectivity index (χ1n) is 12.1. The van der Waals surface area contributed by atoms with Gasteiger partial charge in [0.2, 0.25) is 5.91 Å². The lowest BCUT2D eigenvalue weighted by molar-refractivity contribution is -0.128. The summed E-state index contributed by atoms with van der Waals surface area (Å²) in [6.07, 6.45) is 5.32. The Bertz CT molecular complexity index is 1570. The number of hydrogen-bond donors (Lipinski definition) is 0. The number of rotatable bonds is 7. The molecule has 0 radical (unpaired) electrons. The van der Waals surface area contributed by atoms with Gasteiger partial charge in [-0.1, -0.05) is 41.9 Å². The largest absolute Gasteiger partial charge is 0.331 e. The Morgan fingerprint density at radius 2 is 1.76 bits per heavy atom. The van der Waals surface area contributed by atoms with Gasteiger partial charge in [0.05, 0.1) is 22.9 Å². The molecule has 4 aromatic rings. The quantitative estimate of drug-likeness (QED) is 0.283. The zero-order chi connectivity index (χ0) is 26.7. The summed E-state index contributed by atoms with van der Waals surface area (Å²) in [4.78, 5) is 15.1. The van der Waals surface area contributed by atoms with E-state index in [2.05, 4.69) is 0 Å². The highest BCUT2D eigenvalue weighted by Gasteiger charge is 2.34. The molecule has 0 aliphatic carbocycles. The van der Waals surface area contributed by atoms with Crippen molar-refractivity contribution in [2.45, 2.75) is 19.0 Å². The van der Waals surface area contributed by atoms with E-state index in [9.17, 15) is 17.6 Å². The van der Waals surface area contributed by atoms with E-state index in [-0.39, 0.29) is 29.8 Å². The monoisotopic (exact) mass is 549 g/mol. The maximum atomic E-state index is 13.6. The maximum absolute atomic E-state index is 13.6. The number of benzene rings is 3. The molecule has 0 bridgehead atoms. The molecular formula is C29H25ClFN3O3S. The second kappa shape index (κ2) is 10.9. The molecule has 194 valence electrons. The van der Waals surface area contributed by atoms with Gasteiger partial charge in [-0.05, 0) is 66.6 Å². The average Bonchev–Trinajstić information content (AvgIpc) is 3.51. The van der Waals surface area contributed by atoms with E-state index in [4.69, 9.17) is 16.7 Å². The number of para-hydroxylation sites is 1. The van der Waals surface area contributed by atoms with Gasteiger partial charge in [-0.15, -0.1) is 0 Å². The van der Waals surface area contributed by atoms with Gasteiger partial charge in [0.1, 0.15) is 5.82 Å². The van der Waals surface area contributed by atoms with E-state index in [0.717, 1.165) is 11.3 Å². The van der Waals surface area contributed by atoms with Crippen molar-refractivity contribution < 1.29 is 17.6 Å². The molecule has 1 amide bonds. The summed E-state index contributed by atoms with van der Waals surface area (Å²) in [6, 6.07) is 22.3. The summed E-state index contributed by atoms with van der Waals surface area (Å²) in [5, 5.41) is 5.28. The van der Waals surface area contributed by atoms with Crippen molar-refractivity contribution in [1.29, 1.82) is 0 Å². The Morgan fingerprint density at radius 3 is 2.42 bits per heavy atom. The van der Waals surface area contributed by atoms with Gasteiger partial charge in [0, 0.05) is 41.0 Å². The highest BCUT2D eigenvalue weighted by Crippen LogP contribution is 2.26.